The number of rotatable bonds is 18. The second-order valence-electron chi connectivity index (χ2n) is 18.2. The van der Waals surface area contributed by atoms with Gasteiger partial charge in [-0.25, -0.2) is 45.2 Å². The van der Waals surface area contributed by atoms with E-state index in [1.165, 1.54) is 43.7 Å². The summed E-state index contributed by atoms with van der Waals surface area (Å²) in [5.74, 6) is 0. The van der Waals surface area contributed by atoms with Crippen molar-refractivity contribution in [1.82, 2.24) is 48.9 Å². The molecule has 4 amide bonds. The molecule has 27 heteroatoms. The molecule has 2 N–H and O–H groups in total. The number of fused-ring (bicyclic) bond motifs is 4. The van der Waals surface area contributed by atoms with E-state index in [1.54, 1.807) is 0 Å². The number of urea groups is 2. The topological polar surface area (TPSA) is 246 Å². The van der Waals surface area contributed by atoms with Gasteiger partial charge in [-0.15, -0.1) is 8.57 Å². The molecular formula is C34H56N10O12S3Si2. The van der Waals surface area contributed by atoms with E-state index in [0.717, 1.165) is 12.4 Å². The monoisotopic (exact) mass is 948 g/mol. The van der Waals surface area contributed by atoms with Gasteiger partial charge in [0.1, 0.15) is 21.9 Å². The normalized spacial score (nSPS) is 20.6. The molecule has 2 fully saturated rings. The van der Waals surface area contributed by atoms with E-state index in [2.05, 4.69) is 87.4 Å². The van der Waals surface area contributed by atoms with Gasteiger partial charge in [0.05, 0.1) is 49.3 Å². The molecule has 2 aromatic heterocycles. The largest absolute Gasteiger partial charge is 0.442 e. The Kier molecular flexibility index (Phi) is 12.7. The Morgan fingerprint density at radius 3 is 1.36 bits per heavy atom. The third kappa shape index (κ3) is 10.2. The van der Waals surface area contributed by atoms with Crippen molar-refractivity contribution in [2.75, 3.05) is 52.5 Å². The molecule has 0 aromatic carbocycles. The van der Waals surface area contributed by atoms with Crippen LogP contribution < -0.4 is 9.44 Å². The molecule has 61 heavy (non-hydrogen) atoms. The number of nitrogens with one attached hydrogen (secondary N) is 2. The number of hydrogen-bond donors (Lipinski definition) is 2. The van der Waals surface area contributed by atoms with E-state index >= 15 is 0 Å². The average molecular weight is 949 g/mol. The highest BCUT2D eigenvalue weighted by Crippen LogP contribution is 2.37. The summed E-state index contributed by atoms with van der Waals surface area (Å²) >= 11 is 0. The van der Waals surface area contributed by atoms with Gasteiger partial charge in [0.15, 0.2) is 16.6 Å². The minimum atomic E-state index is -5.08. The van der Waals surface area contributed by atoms with E-state index < -0.39 is 71.2 Å². The molecule has 2 aromatic rings. The fraction of sp³-hybridized carbons (Fsp3) is 0.647. The first-order chi connectivity index (χ1) is 28.0. The zero-order valence-electron chi connectivity index (χ0n) is 36.0. The molecule has 6 rings (SSSR count). The lowest BCUT2D eigenvalue weighted by atomic mass is 10.2. The lowest BCUT2D eigenvalue weighted by Gasteiger charge is -2.36. The molecule has 0 radical (unpaired) electrons. The number of aromatic nitrogens is 4. The van der Waals surface area contributed by atoms with E-state index in [4.69, 9.17) is 17.4 Å². The summed E-state index contributed by atoms with van der Waals surface area (Å²) in [6.45, 7) is 21.3. The molecule has 2 atom stereocenters. The lowest BCUT2D eigenvalue weighted by molar-refractivity contribution is -0.0723. The van der Waals surface area contributed by atoms with Gasteiger partial charge < -0.3 is 18.7 Å². The maximum Gasteiger partial charge on any atom is 0.442 e. The van der Waals surface area contributed by atoms with Crippen molar-refractivity contribution < 1.29 is 52.3 Å². The van der Waals surface area contributed by atoms with Crippen molar-refractivity contribution >= 4 is 70.5 Å². The summed E-state index contributed by atoms with van der Waals surface area (Å²) in [5, 5.41) is 9.47. The Labute approximate surface area is 359 Å². The SMILES string of the molecule is CC(C)(C)[Si](C)(C)OCCNS(=O)(=O)c1cnn(C2=CC3CN(C2)C(=O)N3OS(=O)(=O)ON2C(=O)N3CC(n4cc(S(=O)(=O)NCCO[Si](C)(C)C(C)(C)C)cn4)=CC2C3)c1. The summed E-state index contributed by atoms with van der Waals surface area (Å²) in [4.78, 5) is 28.9. The van der Waals surface area contributed by atoms with Crippen LogP contribution in [-0.2, 0) is 47.9 Å². The van der Waals surface area contributed by atoms with Crippen LogP contribution in [0.5, 0.6) is 0 Å². The van der Waals surface area contributed by atoms with E-state index in [1.807, 2.05) is 0 Å². The molecule has 22 nitrogen and oxygen atoms in total. The fourth-order valence-corrected chi connectivity index (χ4v) is 11.0. The second kappa shape index (κ2) is 16.6. The summed E-state index contributed by atoms with van der Waals surface area (Å²) in [7, 11) is -17.1. The van der Waals surface area contributed by atoms with Gasteiger partial charge in [-0.05, 0) is 48.4 Å². The predicted molar refractivity (Wildman–Crippen MR) is 226 cm³/mol. The number of hydrogen-bond acceptors (Lipinski definition) is 14. The maximum absolute atomic E-state index is 13.3. The summed E-state index contributed by atoms with van der Waals surface area (Å²) in [6, 6.07) is -3.52. The first kappa shape index (κ1) is 47.0. The van der Waals surface area contributed by atoms with Crippen molar-refractivity contribution in [2.24, 2.45) is 0 Å². The van der Waals surface area contributed by atoms with E-state index in [-0.39, 0.29) is 72.3 Å². The van der Waals surface area contributed by atoms with Crippen molar-refractivity contribution in [3.8, 4) is 0 Å². The van der Waals surface area contributed by atoms with E-state index in [9.17, 15) is 34.8 Å². The average Bonchev–Trinajstić information content (AvgIpc) is 3.94. The van der Waals surface area contributed by atoms with Gasteiger partial charge in [-0.1, -0.05) is 41.5 Å². The third-order valence-electron chi connectivity index (χ3n) is 11.8. The minimum absolute atomic E-state index is 0.0350. The number of carbonyl (C=O) groups excluding carboxylic acids is 2. The zero-order chi connectivity index (χ0) is 45.1. The second-order valence-corrected chi connectivity index (χ2v) is 32.5. The molecule has 2 saturated heterocycles. The quantitative estimate of drug-likeness (QED) is 0.161. The minimum Gasteiger partial charge on any atom is -0.415 e. The van der Waals surface area contributed by atoms with Crippen LogP contribution >= 0.6 is 0 Å². The van der Waals surface area contributed by atoms with Crippen LogP contribution in [-0.4, -0.2) is 158 Å². The molecule has 4 aliphatic rings. The summed E-state index contributed by atoms with van der Waals surface area (Å²) in [5.41, 5.74) is 0.762. The molecule has 0 aliphatic carbocycles. The van der Waals surface area contributed by atoms with Crippen LogP contribution in [0, 0.1) is 0 Å². The highest BCUT2D eigenvalue weighted by Gasteiger charge is 2.48. The third-order valence-corrected chi connectivity index (χ3v) is 24.4. The first-order valence-electron chi connectivity index (χ1n) is 19.6. The number of carbonyl (C=O) groups is 2. The predicted octanol–water partition coefficient (Wildman–Crippen LogP) is 2.41. The van der Waals surface area contributed by atoms with Crippen molar-refractivity contribution in [3.63, 3.8) is 0 Å². The van der Waals surface area contributed by atoms with Gasteiger partial charge in [-0.2, -0.15) is 28.7 Å². The maximum atomic E-state index is 13.3. The van der Waals surface area contributed by atoms with Crippen LogP contribution in [0.3, 0.4) is 0 Å². The molecule has 0 spiro atoms. The molecule has 0 saturated carbocycles. The fourth-order valence-electron chi connectivity index (χ4n) is 6.22. The first-order valence-corrected chi connectivity index (χ1v) is 29.7. The Hall–Kier alpha value is -3.52. The number of amides is 4. The molecular weight excluding hydrogens is 893 g/mol. The van der Waals surface area contributed by atoms with Crippen LogP contribution in [0.25, 0.3) is 11.4 Å². The van der Waals surface area contributed by atoms with Crippen molar-refractivity contribution in [1.29, 1.82) is 0 Å². The van der Waals surface area contributed by atoms with Gasteiger partial charge in [0.2, 0.25) is 20.0 Å². The molecule has 4 bridgehead atoms. The summed E-state index contributed by atoms with van der Waals surface area (Å²) in [6.07, 6.45) is 7.93. The smallest absolute Gasteiger partial charge is 0.415 e. The van der Waals surface area contributed by atoms with Gasteiger partial charge in [0, 0.05) is 39.4 Å². The highest BCUT2D eigenvalue weighted by atomic mass is 32.3. The number of nitrogens with zero attached hydrogens (tertiary/aromatic N) is 8. The molecule has 6 heterocycles. The Bertz CT molecular complexity index is 2260. The standard InChI is InChI=1S/C34H56N10O12S3Si2/c1-33(2,3)60(7,8)53-13-11-37-57(47,48)29-17-35-41(23-29)25-15-27-21-39(19-25)31(45)43(27)55-59(51,52)56-44-28-16-26(20-40(22-28)32(44)46)42-24-30(18-36-42)58(49,50)38-12-14-54-61(9,10)34(4,5)6/h15-18,23-24,27-28,37-38H,11-14,19-22H2,1-10H3. The van der Waals surface area contributed by atoms with E-state index in [0.29, 0.717) is 21.5 Å². The van der Waals surface area contributed by atoms with Crippen molar-refractivity contribution in [2.45, 2.75) is 99.7 Å². The van der Waals surface area contributed by atoms with Crippen LogP contribution in [0.2, 0.25) is 36.3 Å². The Balaban J connectivity index is 1.06. The highest BCUT2D eigenvalue weighted by molar-refractivity contribution is 7.89. The lowest BCUT2D eigenvalue weighted by Crippen LogP contribution is -2.42. The molecule has 4 aliphatic heterocycles. The van der Waals surface area contributed by atoms with Crippen LogP contribution in [0.15, 0.2) is 46.7 Å². The number of sulfonamides is 2. The van der Waals surface area contributed by atoms with Gasteiger partial charge in [-0.3, -0.25) is 0 Å². The Morgan fingerprint density at radius 1 is 0.656 bits per heavy atom. The molecule has 2 unspecified atom stereocenters. The zero-order valence-corrected chi connectivity index (χ0v) is 40.4. The summed E-state index contributed by atoms with van der Waals surface area (Å²) < 4.78 is 109. The van der Waals surface area contributed by atoms with Crippen molar-refractivity contribution in [3.05, 3.63) is 36.9 Å². The van der Waals surface area contributed by atoms with Crippen LogP contribution in [0.1, 0.15) is 41.5 Å². The van der Waals surface area contributed by atoms with Crippen LogP contribution in [0.4, 0.5) is 9.59 Å². The van der Waals surface area contributed by atoms with Gasteiger partial charge >= 0.3 is 22.5 Å². The molecule has 340 valence electrons. The van der Waals surface area contributed by atoms with Gasteiger partial charge in [0.25, 0.3) is 0 Å². The number of hydroxylamine groups is 4. The Morgan fingerprint density at radius 2 is 1.02 bits per heavy atom.